The minimum Gasteiger partial charge on any atom is -0.431 e. The van der Waals surface area contributed by atoms with Crippen LogP contribution in [-0.4, -0.2) is 39.8 Å². The highest BCUT2D eigenvalue weighted by molar-refractivity contribution is 5.46. The Balaban J connectivity index is 2.33. The zero-order valence-electron chi connectivity index (χ0n) is 14.6. The van der Waals surface area contributed by atoms with E-state index in [2.05, 4.69) is 9.47 Å². The van der Waals surface area contributed by atoms with Crippen LogP contribution in [0.2, 0.25) is 0 Å². The molecular weight excluding hydrogens is 358 g/mol. The Morgan fingerprint density at radius 3 is 1.92 bits per heavy atom. The van der Waals surface area contributed by atoms with Crippen LogP contribution in [0, 0.1) is 0 Å². The zero-order valence-corrected chi connectivity index (χ0v) is 14.6. The molecule has 0 aliphatic heterocycles. The summed E-state index contributed by atoms with van der Waals surface area (Å²) in [6, 6.07) is 4.05. The van der Waals surface area contributed by atoms with Gasteiger partial charge in [0.15, 0.2) is 17.3 Å². The van der Waals surface area contributed by atoms with Gasteiger partial charge in [-0.15, -0.1) is 0 Å². The molecule has 0 bridgehead atoms. The first-order chi connectivity index (χ1) is 12.3. The fourth-order valence-electron chi connectivity index (χ4n) is 3.43. The molecular formula is C17H23F4NO4. The maximum absolute atomic E-state index is 12.7. The second-order valence-corrected chi connectivity index (χ2v) is 6.22. The summed E-state index contributed by atoms with van der Waals surface area (Å²) in [7, 11) is 3.12. The van der Waals surface area contributed by atoms with Crippen LogP contribution in [0.4, 0.5) is 17.6 Å². The van der Waals surface area contributed by atoms with Gasteiger partial charge < -0.3 is 24.7 Å². The van der Waals surface area contributed by atoms with E-state index >= 15 is 0 Å². The van der Waals surface area contributed by atoms with Crippen molar-refractivity contribution >= 4 is 0 Å². The average Bonchev–Trinajstić information content (AvgIpc) is 2.62. The number of methoxy groups -OCH3 is 2. The summed E-state index contributed by atoms with van der Waals surface area (Å²) in [5.41, 5.74) is 6.09. The summed E-state index contributed by atoms with van der Waals surface area (Å²) < 4.78 is 69.8. The molecule has 5 nitrogen and oxygen atoms in total. The van der Waals surface area contributed by atoms with Crippen LogP contribution in [-0.2, 0) is 14.9 Å². The molecule has 0 atom stereocenters. The summed E-state index contributed by atoms with van der Waals surface area (Å²) in [4.78, 5) is 0. The van der Waals surface area contributed by atoms with Gasteiger partial charge in [-0.1, -0.05) is 6.07 Å². The molecule has 0 radical (unpaired) electrons. The summed E-state index contributed by atoms with van der Waals surface area (Å²) in [6.45, 7) is -6.07. The molecule has 2 rings (SSSR count). The van der Waals surface area contributed by atoms with Gasteiger partial charge in [0, 0.05) is 39.0 Å². The molecule has 0 aromatic heterocycles. The number of rotatable bonds is 8. The molecule has 2 N–H and O–H groups in total. The van der Waals surface area contributed by atoms with Crippen LogP contribution >= 0.6 is 0 Å². The number of benzene rings is 1. The van der Waals surface area contributed by atoms with Gasteiger partial charge in [-0.05, 0) is 30.5 Å². The molecule has 9 heteroatoms. The third kappa shape index (κ3) is 4.39. The van der Waals surface area contributed by atoms with E-state index in [-0.39, 0.29) is 6.54 Å². The molecule has 1 aromatic rings. The minimum atomic E-state index is -3.17. The van der Waals surface area contributed by atoms with Crippen LogP contribution in [0.3, 0.4) is 0 Å². The largest absolute Gasteiger partial charge is 0.431 e. The maximum atomic E-state index is 12.7. The number of ether oxygens (including phenoxy) is 4. The number of hydrogen-bond donors (Lipinski definition) is 1. The normalized spacial score (nSPS) is 19.0. The Morgan fingerprint density at radius 2 is 1.46 bits per heavy atom. The minimum absolute atomic E-state index is 0.250. The van der Waals surface area contributed by atoms with Crippen molar-refractivity contribution in [2.24, 2.45) is 5.73 Å². The summed E-state index contributed by atoms with van der Waals surface area (Å²) in [5.74, 6) is -1.60. The predicted molar refractivity (Wildman–Crippen MR) is 85.7 cm³/mol. The van der Waals surface area contributed by atoms with Crippen molar-refractivity contribution in [3.8, 4) is 11.5 Å². The molecule has 0 spiro atoms. The van der Waals surface area contributed by atoms with Gasteiger partial charge >= 0.3 is 13.2 Å². The fraction of sp³-hybridized carbons (Fsp3) is 0.647. The lowest BCUT2D eigenvalue weighted by Crippen LogP contribution is -2.47. The van der Waals surface area contributed by atoms with Gasteiger partial charge in [-0.3, -0.25) is 0 Å². The first-order valence-corrected chi connectivity index (χ1v) is 8.14. The molecule has 0 saturated heterocycles. The fourth-order valence-corrected chi connectivity index (χ4v) is 3.43. The second kappa shape index (κ2) is 8.41. The number of halogens is 4. The van der Waals surface area contributed by atoms with E-state index in [9.17, 15) is 17.6 Å². The lowest BCUT2D eigenvalue weighted by Gasteiger charge is -2.45. The second-order valence-electron chi connectivity index (χ2n) is 6.22. The van der Waals surface area contributed by atoms with Crippen molar-refractivity contribution in [1.82, 2.24) is 0 Å². The molecule has 1 aromatic carbocycles. The molecule has 0 unspecified atom stereocenters. The summed E-state index contributed by atoms with van der Waals surface area (Å²) in [5, 5.41) is 0. The molecule has 1 fully saturated rings. The van der Waals surface area contributed by atoms with Crippen molar-refractivity contribution < 1.29 is 36.5 Å². The molecule has 1 saturated carbocycles. The molecule has 1 aliphatic rings. The number of hydrogen-bond acceptors (Lipinski definition) is 5. The van der Waals surface area contributed by atoms with E-state index in [1.165, 1.54) is 12.1 Å². The maximum Gasteiger partial charge on any atom is 0.387 e. The van der Waals surface area contributed by atoms with Gasteiger partial charge in [-0.25, -0.2) is 0 Å². The van der Waals surface area contributed by atoms with Gasteiger partial charge in [0.05, 0.1) is 0 Å². The van der Waals surface area contributed by atoms with Crippen LogP contribution in [0.5, 0.6) is 11.5 Å². The first kappa shape index (κ1) is 20.7. The molecule has 148 valence electrons. The Bertz CT molecular complexity index is 586. The van der Waals surface area contributed by atoms with Gasteiger partial charge in [0.25, 0.3) is 0 Å². The number of alkyl halides is 4. The van der Waals surface area contributed by atoms with Gasteiger partial charge in [0.1, 0.15) is 0 Å². The summed E-state index contributed by atoms with van der Waals surface area (Å²) >= 11 is 0. The lowest BCUT2D eigenvalue weighted by molar-refractivity contribution is -0.229. The van der Waals surface area contributed by atoms with Crippen molar-refractivity contribution in [2.75, 3.05) is 20.8 Å². The van der Waals surface area contributed by atoms with E-state index in [1.807, 2.05) is 0 Å². The third-order valence-corrected chi connectivity index (χ3v) is 5.09. The highest BCUT2D eigenvalue weighted by atomic mass is 19.3. The van der Waals surface area contributed by atoms with E-state index in [0.717, 1.165) is 0 Å². The van der Waals surface area contributed by atoms with E-state index in [4.69, 9.17) is 15.2 Å². The molecule has 0 amide bonds. The van der Waals surface area contributed by atoms with Crippen LogP contribution in [0.25, 0.3) is 0 Å². The highest BCUT2D eigenvalue weighted by Gasteiger charge is 2.44. The van der Waals surface area contributed by atoms with E-state index in [1.54, 1.807) is 20.3 Å². The Morgan fingerprint density at radius 1 is 0.923 bits per heavy atom. The third-order valence-electron chi connectivity index (χ3n) is 5.09. The van der Waals surface area contributed by atoms with Crippen molar-refractivity contribution in [2.45, 2.75) is 50.1 Å². The molecule has 1 aliphatic carbocycles. The SMILES string of the molecule is COC1(OC)CCC(CN)(c2ccc(OC(F)F)c(OC(F)F)c2)CC1. The van der Waals surface area contributed by atoms with Crippen LogP contribution in [0.1, 0.15) is 31.2 Å². The van der Waals surface area contributed by atoms with Crippen LogP contribution in [0.15, 0.2) is 18.2 Å². The number of nitrogens with two attached hydrogens (primary N) is 1. The standard InChI is InChI=1S/C17H23F4NO4/c1-23-17(24-2)7-5-16(10-22,6-8-17)11-3-4-12(25-14(18)19)13(9-11)26-15(20)21/h3-4,9,14-15H,5-8,10,22H2,1-2H3. The monoisotopic (exact) mass is 381 g/mol. The average molecular weight is 381 g/mol. The topological polar surface area (TPSA) is 62.9 Å². The van der Waals surface area contributed by atoms with Crippen LogP contribution < -0.4 is 15.2 Å². The Hall–Kier alpha value is -1.58. The molecule has 0 heterocycles. The lowest BCUT2D eigenvalue weighted by atomic mass is 9.67. The Labute approximate surface area is 149 Å². The van der Waals surface area contributed by atoms with E-state index < -0.39 is 35.9 Å². The highest BCUT2D eigenvalue weighted by Crippen LogP contribution is 2.46. The summed E-state index contributed by atoms with van der Waals surface area (Å²) in [6.07, 6.45) is 2.26. The van der Waals surface area contributed by atoms with Crippen molar-refractivity contribution in [1.29, 1.82) is 0 Å². The zero-order chi connectivity index (χ0) is 19.4. The smallest absolute Gasteiger partial charge is 0.387 e. The van der Waals surface area contributed by atoms with Gasteiger partial charge in [-0.2, -0.15) is 17.6 Å². The first-order valence-electron chi connectivity index (χ1n) is 8.14. The predicted octanol–water partition coefficient (Wildman–Crippen LogP) is 3.65. The Kier molecular flexibility index (Phi) is 6.70. The molecule has 26 heavy (non-hydrogen) atoms. The quantitative estimate of drug-likeness (QED) is 0.550. The van der Waals surface area contributed by atoms with Crippen molar-refractivity contribution in [3.63, 3.8) is 0 Å². The van der Waals surface area contributed by atoms with E-state index in [0.29, 0.717) is 31.2 Å². The van der Waals surface area contributed by atoms with Crippen molar-refractivity contribution in [3.05, 3.63) is 23.8 Å². The van der Waals surface area contributed by atoms with Gasteiger partial charge in [0.2, 0.25) is 0 Å².